The number of terminal acetylenes is 2. The average Bonchev–Trinajstić information content (AvgIpc) is 3.59. The van der Waals surface area contributed by atoms with Gasteiger partial charge in [0.1, 0.15) is 19.0 Å². The van der Waals surface area contributed by atoms with Crippen LogP contribution in [0.15, 0.2) is 169 Å². The number of rotatable bonds is 12. The van der Waals surface area contributed by atoms with E-state index in [-0.39, 0.29) is 18.6 Å². The fourth-order valence-electron chi connectivity index (χ4n) is 7.73. The number of hydrogen-bond donors (Lipinski definition) is 0. The predicted octanol–water partition coefficient (Wildman–Crippen LogP) is 11.0. The van der Waals surface area contributed by atoms with Gasteiger partial charge in [0.15, 0.2) is 0 Å². The summed E-state index contributed by atoms with van der Waals surface area (Å²) in [4.78, 5) is 0. The van der Waals surface area contributed by atoms with Crippen molar-refractivity contribution >= 4 is 0 Å². The molecule has 0 unspecified atom stereocenters. The summed E-state index contributed by atoms with van der Waals surface area (Å²) in [6.45, 7) is 10.9. The second-order valence-electron chi connectivity index (χ2n) is 12.8. The van der Waals surface area contributed by atoms with Crippen molar-refractivity contribution in [3.05, 3.63) is 191 Å². The van der Waals surface area contributed by atoms with E-state index in [2.05, 4.69) is 160 Å². The molecule has 6 rings (SSSR count). The lowest BCUT2D eigenvalue weighted by Crippen LogP contribution is -2.29. The first-order valence-corrected chi connectivity index (χ1v) is 17.0. The molecule has 0 aromatic heterocycles. The van der Waals surface area contributed by atoms with Gasteiger partial charge in [-0.15, -0.1) is 12.8 Å². The molecule has 0 saturated heterocycles. The Morgan fingerprint density at radius 2 is 1.14 bits per heavy atom. The fourth-order valence-corrected chi connectivity index (χ4v) is 7.73. The van der Waals surface area contributed by atoms with Crippen LogP contribution in [0.2, 0.25) is 0 Å². The van der Waals surface area contributed by atoms with Crippen LogP contribution in [0.25, 0.3) is 22.3 Å². The van der Waals surface area contributed by atoms with E-state index in [1.54, 1.807) is 0 Å². The summed E-state index contributed by atoms with van der Waals surface area (Å²) in [5, 5.41) is 0. The third-order valence-corrected chi connectivity index (χ3v) is 9.96. The van der Waals surface area contributed by atoms with E-state index in [0.29, 0.717) is 5.76 Å². The van der Waals surface area contributed by atoms with Gasteiger partial charge in [0.2, 0.25) is 0 Å². The van der Waals surface area contributed by atoms with Crippen LogP contribution in [0.5, 0.6) is 0 Å². The van der Waals surface area contributed by atoms with Crippen molar-refractivity contribution in [1.29, 1.82) is 0 Å². The van der Waals surface area contributed by atoms with E-state index in [1.165, 1.54) is 44.5 Å². The van der Waals surface area contributed by atoms with E-state index >= 15 is 0 Å². The van der Waals surface area contributed by atoms with Crippen molar-refractivity contribution in [3.63, 3.8) is 0 Å². The first kappa shape index (κ1) is 33.9. The third-order valence-electron chi connectivity index (χ3n) is 9.96. The molecule has 0 radical (unpaired) electrons. The van der Waals surface area contributed by atoms with E-state index in [0.717, 1.165) is 23.3 Å². The minimum atomic E-state index is -0.670. The van der Waals surface area contributed by atoms with Crippen LogP contribution in [0.1, 0.15) is 49.4 Å². The normalized spacial score (nSPS) is 15.5. The number of allylic oxidation sites excluding steroid dienone is 10. The Bertz CT molecular complexity index is 2080. The average molecular weight is 651 g/mol. The minimum absolute atomic E-state index is 0.159. The SMILES string of the molecule is C#CCOC(=C)/C=C\C(=C/C)C1(C(/C=C\CC2(C)c3ccccc3-c3ccccc32)=C/C=C(\C)OCC#C)c2ccccc2-c2ccccc21. The summed E-state index contributed by atoms with van der Waals surface area (Å²) in [6, 6.07) is 35.0. The standard InChI is InChI=1S/C48H42O2/c1-7-33-49-35(4)28-30-37(9-3)48(45-26-16-12-22-41(45)42-23-13-17-27-46(42)48)38(31-29-36(5)50-34-8-2)19-18-32-47(6)43-24-14-10-20-39(43)40-21-11-15-25-44(40)47/h1-2,9-31H,4,32-34H2,3,5-6H3/b19-18-,30-28-,36-29+,37-9+,38-31+. The molecule has 0 fully saturated rings. The van der Waals surface area contributed by atoms with Gasteiger partial charge in [0, 0.05) is 5.41 Å². The Hall–Kier alpha value is -5.96. The summed E-state index contributed by atoms with van der Waals surface area (Å²) in [5.41, 5.74) is 11.4. The Balaban J connectivity index is 1.56. The van der Waals surface area contributed by atoms with Gasteiger partial charge < -0.3 is 9.47 Å². The Morgan fingerprint density at radius 3 is 1.66 bits per heavy atom. The number of benzene rings is 4. The Kier molecular flexibility index (Phi) is 9.94. The van der Waals surface area contributed by atoms with E-state index in [4.69, 9.17) is 22.3 Å². The smallest absolute Gasteiger partial charge is 0.148 e. The van der Waals surface area contributed by atoms with Crippen LogP contribution < -0.4 is 0 Å². The zero-order valence-electron chi connectivity index (χ0n) is 29.1. The van der Waals surface area contributed by atoms with Crippen molar-refractivity contribution in [2.24, 2.45) is 0 Å². The maximum absolute atomic E-state index is 5.84. The molecular weight excluding hydrogens is 609 g/mol. The highest BCUT2D eigenvalue weighted by molar-refractivity contribution is 5.87. The fraction of sp³-hybridized carbons (Fsp3) is 0.167. The predicted molar refractivity (Wildman–Crippen MR) is 208 cm³/mol. The van der Waals surface area contributed by atoms with E-state index < -0.39 is 5.41 Å². The molecule has 2 heteroatoms. The minimum Gasteiger partial charge on any atom is -0.486 e. The first-order chi connectivity index (χ1) is 24.4. The van der Waals surface area contributed by atoms with Gasteiger partial charge in [-0.3, -0.25) is 0 Å². The molecule has 0 amide bonds. The molecule has 2 aliphatic carbocycles. The molecular formula is C48H42O2. The monoisotopic (exact) mass is 650 g/mol. The lowest BCUT2D eigenvalue weighted by Gasteiger charge is -2.36. The van der Waals surface area contributed by atoms with Crippen molar-refractivity contribution < 1.29 is 9.47 Å². The molecule has 4 aromatic rings. The van der Waals surface area contributed by atoms with E-state index in [9.17, 15) is 0 Å². The third kappa shape index (κ3) is 5.96. The van der Waals surface area contributed by atoms with Crippen molar-refractivity contribution in [1.82, 2.24) is 0 Å². The number of ether oxygens (including phenoxy) is 2. The van der Waals surface area contributed by atoms with E-state index in [1.807, 2.05) is 19.1 Å². The van der Waals surface area contributed by atoms with Gasteiger partial charge in [-0.05, 0) is 88.1 Å². The second-order valence-corrected chi connectivity index (χ2v) is 12.8. The maximum atomic E-state index is 5.84. The molecule has 0 saturated carbocycles. The van der Waals surface area contributed by atoms with Gasteiger partial charge in [-0.2, -0.15) is 0 Å². The lowest BCUT2D eigenvalue weighted by atomic mass is 9.66. The first-order valence-electron chi connectivity index (χ1n) is 17.0. The lowest BCUT2D eigenvalue weighted by molar-refractivity contribution is 0.256. The van der Waals surface area contributed by atoms with Crippen molar-refractivity contribution in [3.8, 4) is 46.9 Å². The Morgan fingerprint density at radius 1 is 0.660 bits per heavy atom. The van der Waals surface area contributed by atoms with Crippen LogP contribution in [-0.2, 0) is 20.3 Å². The van der Waals surface area contributed by atoms with Gasteiger partial charge in [0.25, 0.3) is 0 Å². The summed E-state index contributed by atoms with van der Waals surface area (Å²) in [6.07, 6.45) is 26.9. The van der Waals surface area contributed by atoms with Gasteiger partial charge in [-0.1, -0.05) is 153 Å². The number of hydrogen-bond acceptors (Lipinski definition) is 2. The van der Waals surface area contributed by atoms with Crippen LogP contribution in [0, 0.1) is 24.7 Å². The van der Waals surface area contributed by atoms with Crippen LogP contribution in [0.4, 0.5) is 0 Å². The van der Waals surface area contributed by atoms with Crippen LogP contribution in [-0.4, -0.2) is 13.2 Å². The molecule has 0 atom stereocenters. The second kappa shape index (κ2) is 14.7. The highest BCUT2D eigenvalue weighted by atomic mass is 16.5. The molecule has 246 valence electrons. The maximum Gasteiger partial charge on any atom is 0.148 e. The molecule has 4 aromatic carbocycles. The summed E-state index contributed by atoms with van der Waals surface area (Å²) >= 11 is 0. The summed E-state index contributed by atoms with van der Waals surface area (Å²) in [7, 11) is 0. The molecule has 0 bridgehead atoms. The molecule has 0 aliphatic heterocycles. The summed E-state index contributed by atoms with van der Waals surface area (Å²) < 4.78 is 11.5. The zero-order chi connectivity index (χ0) is 35.1. The zero-order valence-corrected chi connectivity index (χ0v) is 29.1. The Labute approximate surface area is 297 Å². The van der Waals surface area contributed by atoms with Crippen LogP contribution in [0.3, 0.4) is 0 Å². The molecule has 0 N–H and O–H groups in total. The van der Waals surface area contributed by atoms with Gasteiger partial charge >= 0.3 is 0 Å². The van der Waals surface area contributed by atoms with Crippen molar-refractivity contribution in [2.45, 2.75) is 38.0 Å². The molecule has 0 spiro atoms. The highest BCUT2D eigenvalue weighted by Crippen LogP contribution is 2.57. The van der Waals surface area contributed by atoms with Crippen molar-refractivity contribution in [2.75, 3.05) is 13.2 Å². The molecule has 2 nitrogen and oxygen atoms in total. The van der Waals surface area contributed by atoms with Gasteiger partial charge in [-0.25, -0.2) is 0 Å². The topological polar surface area (TPSA) is 18.5 Å². The largest absolute Gasteiger partial charge is 0.486 e. The highest BCUT2D eigenvalue weighted by Gasteiger charge is 2.47. The quantitative estimate of drug-likeness (QED) is 0.0863. The molecule has 0 heterocycles. The molecule has 2 aliphatic rings. The van der Waals surface area contributed by atoms with Crippen LogP contribution >= 0.6 is 0 Å². The molecule has 50 heavy (non-hydrogen) atoms. The number of fused-ring (bicyclic) bond motifs is 6. The summed E-state index contributed by atoms with van der Waals surface area (Å²) in [5.74, 6) is 6.35. The van der Waals surface area contributed by atoms with Gasteiger partial charge in [0.05, 0.1) is 11.2 Å².